The molecule has 0 saturated carbocycles. The molecular formula is C15H26Cl2N2. The fourth-order valence-electron chi connectivity index (χ4n) is 2.63. The lowest BCUT2D eigenvalue weighted by atomic mass is 9.90. The third-order valence-electron chi connectivity index (χ3n) is 3.75. The maximum atomic E-state index is 3.22. The average molecular weight is 305 g/mol. The summed E-state index contributed by atoms with van der Waals surface area (Å²) in [5.74, 6) is 0.892. The van der Waals surface area contributed by atoms with Gasteiger partial charge in [0.2, 0.25) is 0 Å². The molecule has 0 atom stereocenters. The van der Waals surface area contributed by atoms with Crippen LogP contribution >= 0.6 is 24.8 Å². The van der Waals surface area contributed by atoms with Crippen LogP contribution in [0.1, 0.15) is 18.4 Å². The van der Waals surface area contributed by atoms with E-state index in [9.17, 15) is 0 Å². The highest BCUT2D eigenvalue weighted by atomic mass is 35.5. The fraction of sp³-hybridized carbons (Fsp3) is 0.600. The lowest BCUT2D eigenvalue weighted by Crippen LogP contribution is -2.38. The van der Waals surface area contributed by atoms with Crippen LogP contribution in [0.25, 0.3) is 0 Å². The molecule has 0 unspecified atom stereocenters. The van der Waals surface area contributed by atoms with Gasteiger partial charge < -0.3 is 10.2 Å². The van der Waals surface area contributed by atoms with Crippen LogP contribution in [0.3, 0.4) is 0 Å². The van der Waals surface area contributed by atoms with E-state index < -0.39 is 0 Å². The normalized spacial score (nSPS) is 16.5. The summed E-state index contributed by atoms with van der Waals surface area (Å²) >= 11 is 0. The van der Waals surface area contributed by atoms with Crippen molar-refractivity contribution in [2.75, 3.05) is 33.2 Å². The third-order valence-corrected chi connectivity index (χ3v) is 3.75. The molecular weight excluding hydrogens is 279 g/mol. The Balaban J connectivity index is 0.00000162. The number of hydrogen-bond acceptors (Lipinski definition) is 2. The van der Waals surface area contributed by atoms with Crippen LogP contribution < -0.4 is 5.32 Å². The molecule has 1 heterocycles. The first-order valence-corrected chi connectivity index (χ1v) is 6.79. The standard InChI is InChI=1S/C15H24N2.2ClH/c1-16-9-12-17-10-7-15(8-11-17)13-14-5-3-2-4-6-14;;/h2-6,15-16H,7-13H2,1H3;2*1H. The molecule has 2 nitrogen and oxygen atoms in total. The molecule has 1 saturated heterocycles. The van der Waals surface area contributed by atoms with E-state index in [0.29, 0.717) is 0 Å². The van der Waals surface area contributed by atoms with Gasteiger partial charge in [-0.15, -0.1) is 24.8 Å². The van der Waals surface area contributed by atoms with E-state index >= 15 is 0 Å². The molecule has 1 aliphatic heterocycles. The van der Waals surface area contributed by atoms with Crippen molar-refractivity contribution in [3.63, 3.8) is 0 Å². The molecule has 0 spiro atoms. The van der Waals surface area contributed by atoms with Gasteiger partial charge in [0.1, 0.15) is 0 Å². The van der Waals surface area contributed by atoms with Gasteiger partial charge in [0.05, 0.1) is 0 Å². The summed E-state index contributed by atoms with van der Waals surface area (Å²) < 4.78 is 0. The Morgan fingerprint density at radius 1 is 1.11 bits per heavy atom. The summed E-state index contributed by atoms with van der Waals surface area (Å²) in [6.07, 6.45) is 3.98. The number of likely N-dealkylation sites (N-methyl/N-ethyl adjacent to an activating group) is 1. The van der Waals surface area contributed by atoms with Crippen molar-refractivity contribution in [3.8, 4) is 0 Å². The van der Waals surface area contributed by atoms with E-state index in [0.717, 1.165) is 12.5 Å². The molecule has 0 aromatic heterocycles. The van der Waals surface area contributed by atoms with E-state index in [1.807, 2.05) is 7.05 Å². The number of rotatable bonds is 5. The summed E-state index contributed by atoms with van der Waals surface area (Å²) in [6.45, 7) is 4.87. The van der Waals surface area contributed by atoms with Crippen molar-refractivity contribution in [2.24, 2.45) is 5.92 Å². The van der Waals surface area contributed by atoms with Gasteiger partial charge in [-0.2, -0.15) is 0 Å². The Labute approximate surface area is 129 Å². The molecule has 110 valence electrons. The van der Waals surface area contributed by atoms with Gasteiger partial charge in [-0.05, 0) is 50.9 Å². The van der Waals surface area contributed by atoms with Crippen molar-refractivity contribution in [3.05, 3.63) is 35.9 Å². The smallest absolute Gasteiger partial charge is 0.0107 e. The molecule has 1 N–H and O–H groups in total. The molecule has 0 radical (unpaired) electrons. The molecule has 0 bridgehead atoms. The van der Waals surface area contributed by atoms with Crippen molar-refractivity contribution < 1.29 is 0 Å². The highest BCUT2D eigenvalue weighted by Gasteiger charge is 2.18. The zero-order chi connectivity index (χ0) is 11.9. The predicted molar refractivity (Wildman–Crippen MR) is 87.7 cm³/mol. The third kappa shape index (κ3) is 6.62. The minimum Gasteiger partial charge on any atom is -0.318 e. The Hall–Kier alpha value is -0.280. The van der Waals surface area contributed by atoms with Crippen LogP contribution in [0.15, 0.2) is 30.3 Å². The average Bonchev–Trinajstić information content (AvgIpc) is 2.39. The number of likely N-dealkylation sites (tertiary alicyclic amines) is 1. The number of nitrogens with zero attached hydrogens (tertiary/aromatic N) is 1. The predicted octanol–water partition coefficient (Wildman–Crippen LogP) is 3.00. The molecule has 0 aliphatic carbocycles. The van der Waals surface area contributed by atoms with E-state index in [2.05, 4.69) is 40.5 Å². The second-order valence-electron chi connectivity index (χ2n) is 5.08. The lowest BCUT2D eigenvalue weighted by Gasteiger charge is -2.31. The molecule has 1 aromatic carbocycles. The first kappa shape index (κ1) is 18.7. The minimum absolute atomic E-state index is 0. The molecule has 1 aliphatic rings. The molecule has 19 heavy (non-hydrogen) atoms. The van der Waals surface area contributed by atoms with Gasteiger partial charge in [0.15, 0.2) is 0 Å². The van der Waals surface area contributed by atoms with Gasteiger partial charge in [0, 0.05) is 13.1 Å². The van der Waals surface area contributed by atoms with Gasteiger partial charge in [-0.3, -0.25) is 0 Å². The van der Waals surface area contributed by atoms with Crippen molar-refractivity contribution in [1.82, 2.24) is 10.2 Å². The quantitative estimate of drug-likeness (QED) is 0.899. The van der Waals surface area contributed by atoms with Crippen LogP contribution in [0, 0.1) is 5.92 Å². The van der Waals surface area contributed by atoms with Crippen LogP contribution in [0.4, 0.5) is 0 Å². The highest BCUT2D eigenvalue weighted by molar-refractivity contribution is 5.85. The van der Waals surface area contributed by atoms with Crippen molar-refractivity contribution in [1.29, 1.82) is 0 Å². The minimum atomic E-state index is 0. The van der Waals surface area contributed by atoms with Crippen molar-refractivity contribution in [2.45, 2.75) is 19.3 Å². The van der Waals surface area contributed by atoms with E-state index in [1.165, 1.54) is 44.5 Å². The molecule has 0 amide bonds. The second-order valence-corrected chi connectivity index (χ2v) is 5.08. The van der Waals surface area contributed by atoms with E-state index in [1.54, 1.807) is 0 Å². The number of hydrogen-bond donors (Lipinski definition) is 1. The molecule has 1 fully saturated rings. The zero-order valence-electron chi connectivity index (χ0n) is 11.7. The first-order valence-electron chi connectivity index (χ1n) is 6.79. The number of piperidine rings is 1. The number of benzene rings is 1. The SMILES string of the molecule is CNCCN1CCC(Cc2ccccc2)CC1.Cl.Cl. The Morgan fingerprint density at radius 2 is 1.74 bits per heavy atom. The van der Waals surface area contributed by atoms with Gasteiger partial charge >= 0.3 is 0 Å². The van der Waals surface area contributed by atoms with Crippen LogP contribution in [-0.2, 0) is 6.42 Å². The summed E-state index contributed by atoms with van der Waals surface area (Å²) in [6, 6.07) is 10.9. The summed E-state index contributed by atoms with van der Waals surface area (Å²) in [5.41, 5.74) is 1.50. The maximum absolute atomic E-state index is 3.22. The van der Waals surface area contributed by atoms with E-state index in [4.69, 9.17) is 0 Å². The van der Waals surface area contributed by atoms with Gasteiger partial charge in [0.25, 0.3) is 0 Å². The number of nitrogens with one attached hydrogen (secondary N) is 1. The van der Waals surface area contributed by atoms with E-state index in [-0.39, 0.29) is 24.8 Å². The molecule has 4 heteroatoms. The summed E-state index contributed by atoms with van der Waals surface area (Å²) in [4.78, 5) is 2.58. The van der Waals surface area contributed by atoms with Crippen molar-refractivity contribution >= 4 is 24.8 Å². The Morgan fingerprint density at radius 3 is 2.32 bits per heavy atom. The molecule has 2 rings (SSSR count). The molecule has 1 aromatic rings. The van der Waals surface area contributed by atoms with Gasteiger partial charge in [-0.1, -0.05) is 30.3 Å². The number of halogens is 2. The maximum Gasteiger partial charge on any atom is 0.0107 e. The van der Waals surface area contributed by atoms with Crippen LogP contribution in [0.5, 0.6) is 0 Å². The summed E-state index contributed by atoms with van der Waals surface area (Å²) in [7, 11) is 2.03. The van der Waals surface area contributed by atoms with Gasteiger partial charge in [-0.25, -0.2) is 0 Å². The highest BCUT2D eigenvalue weighted by Crippen LogP contribution is 2.21. The topological polar surface area (TPSA) is 15.3 Å². The van der Waals surface area contributed by atoms with Crippen LogP contribution in [0.2, 0.25) is 0 Å². The van der Waals surface area contributed by atoms with Crippen LogP contribution in [-0.4, -0.2) is 38.1 Å². The lowest BCUT2D eigenvalue weighted by molar-refractivity contribution is 0.185. The first-order chi connectivity index (χ1) is 8.38. The fourth-order valence-corrected chi connectivity index (χ4v) is 2.63. The monoisotopic (exact) mass is 304 g/mol. The Bertz CT molecular complexity index is 311. The largest absolute Gasteiger partial charge is 0.318 e. The Kier molecular flexibility index (Phi) is 10.3. The summed E-state index contributed by atoms with van der Waals surface area (Å²) in [5, 5.41) is 3.22. The second kappa shape index (κ2) is 10.5. The zero-order valence-corrected chi connectivity index (χ0v) is 13.3.